The molecule has 1 fully saturated rings. The van der Waals surface area contributed by atoms with Crippen LogP contribution in [0.5, 0.6) is 5.75 Å². The summed E-state index contributed by atoms with van der Waals surface area (Å²) in [5.74, 6) is -1.46. The number of thioether (sulfide) groups is 1. The normalized spacial score (nSPS) is 15.1. The first-order valence-electron chi connectivity index (χ1n) is 7.83. The van der Waals surface area contributed by atoms with E-state index in [4.69, 9.17) is 22.1 Å². The molecule has 1 saturated heterocycles. The Morgan fingerprint density at radius 3 is 2.64 bits per heavy atom. The number of hydrogen-bond acceptors (Lipinski definition) is 7. The van der Waals surface area contributed by atoms with Crippen LogP contribution in [0.2, 0.25) is 0 Å². The van der Waals surface area contributed by atoms with Crippen LogP contribution in [0.4, 0.5) is 11.4 Å². The van der Waals surface area contributed by atoms with E-state index in [-0.39, 0.29) is 27.8 Å². The average molecular weight is 416 g/mol. The number of hydrogen-bond donors (Lipinski definition) is 1. The van der Waals surface area contributed by atoms with Crippen molar-refractivity contribution in [1.29, 1.82) is 0 Å². The number of anilines is 1. The van der Waals surface area contributed by atoms with Gasteiger partial charge in [-0.15, -0.1) is 0 Å². The first-order chi connectivity index (χ1) is 13.4. The summed E-state index contributed by atoms with van der Waals surface area (Å²) >= 11 is 6.33. The summed E-state index contributed by atoms with van der Waals surface area (Å²) in [6.07, 6.45) is 1.41. The maximum Gasteiger partial charge on any atom is 0.341 e. The van der Waals surface area contributed by atoms with Gasteiger partial charge in [0.2, 0.25) is 0 Å². The monoisotopic (exact) mass is 416 g/mol. The zero-order valence-corrected chi connectivity index (χ0v) is 15.7. The Morgan fingerprint density at radius 1 is 1.29 bits per heavy atom. The number of nitrogens with zero attached hydrogens (tertiary/aromatic N) is 2. The average Bonchev–Trinajstić information content (AvgIpc) is 2.94. The van der Waals surface area contributed by atoms with E-state index in [2.05, 4.69) is 0 Å². The second-order valence-corrected chi connectivity index (χ2v) is 7.19. The predicted octanol–water partition coefficient (Wildman–Crippen LogP) is 3.46. The van der Waals surface area contributed by atoms with Crippen LogP contribution in [-0.2, 0) is 9.59 Å². The molecule has 1 N–H and O–H groups in total. The second kappa shape index (κ2) is 8.19. The highest BCUT2D eigenvalue weighted by molar-refractivity contribution is 8.27. The van der Waals surface area contributed by atoms with Gasteiger partial charge in [0.15, 0.2) is 10.9 Å². The maximum absolute atomic E-state index is 12.8. The molecule has 1 aliphatic heterocycles. The Balaban J connectivity index is 1.98. The molecular weight excluding hydrogens is 404 g/mol. The van der Waals surface area contributed by atoms with Gasteiger partial charge in [-0.1, -0.05) is 42.2 Å². The SMILES string of the molecule is O=C(O)COc1ccc([N+](=O)[O-])cc1/C=C1/SC(=S)N(c2ccccc2)C1=O. The minimum atomic E-state index is -1.19. The molecule has 142 valence electrons. The van der Waals surface area contributed by atoms with Crippen molar-refractivity contribution in [2.24, 2.45) is 0 Å². The van der Waals surface area contributed by atoms with E-state index in [0.29, 0.717) is 10.0 Å². The molecule has 0 aliphatic carbocycles. The zero-order chi connectivity index (χ0) is 20.3. The van der Waals surface area contributed by atoms with E-state index in [0.717, 1.165) is 11.8 Å². The lowest BCUT2D eigenvalue weighted by Crippen LogP contribution is -2.27. The number of benzene rings is 2. The third-order valence-electron chi connectivity index (χ3n) is 3.65. The van der Waals surface area contributed by atoms with Gasteiger partial charge >= 0.3 is 5.97 Å². The molecule has 0 atom stereocenters. The lowest BCUT2D eigenvalue weighted by molar-refractivity contribution is -0.384. The summed E-state index contributed by atoms with van der Waals surface area (Å²) < 4.78 is 5.50. The number of rotatable bonds is 6. The number of carbonyl (C=O) groups is 2. The fraction of sp³-hybridized carbons (Fsp3) is 0.0556. The van der Waals surface area contributed by atoms with E-state index in [1.54, 1.807) is 24.3 Å². The molecule has 1 heterocycles. The van der Waals surface area contributed by atoms with Crippen LogP contribution in [0.3, 0.4) is 0 Å². The highest BCUT2D eigenvalue weighted by Crippen LogP contribution is 2.37. The second-order valence-electron chi connectivity index (χ2n) is 5.51. The number of carbonyl (C=O) groups excluding carboxylic acids is 1. The van der Waals surface area contributed by atoms with Crippen LogP contribution in [0.25, 0.3) is 6.08 Å². The number of nitro groups is 1. The van der Waals surface area contributed by atoms with Crippen LogP contribution in [0.1, 0.15) is 5.56 Å². The number of para-hydroxylation sites is 1. The number of carboxylic acids is 1. The number of ether oxygens (including phenoxy) is 1. The third kappa shape index (κ3) is 4.18. The minimum absolute atomic E-state index is 0.109. The summed E-state index contributed by atoms with van der Waals surface area (Å²) in [7, 11) is 0. The van der Waals surface area contributed by atoms with Gasteiger partial charge in [0.05, 0.1) is 15.5 Å². The number of amides is 1. The molecule has 2 aromatic carbocycles. The highest BCUT2D eigenvalue weighted by atomic mass is 32.2. The molecule has 0 spiro atoms. The summed E-state index contributed by atoms with van der Waals surface area (Å²) in [5.41, 5.74) is 0.603. The Bertz CT molecular complexity index is 1010. The fourth-order valence-electron chi connectivity index (χ4n) is 2.44. The van der Waals surface area contributed by atoms with E-state index in [1.807, 2.05) is 6.07 Å². The molecule has 0 bridgehead atoms. The molecule has 0 aromatic heterocycles. The molecule has 0 unspecified atom stereocenters. The minimum Gasteiger partial charge on any atom is -0.481 e. The van der Waals surface area contributed by atoms with Crippen molar-refractivity contribution in [1.82, 2.24) is 0 Å². The van der Waals surface area contributed by atoms with Gasteiger partial charge in [0.1, 0.15) is 5.75 Å². The summed E-state index contributed by atoms with van der Waals surface area (Å²) in [4.78, 5) is 35.7. The van der Waals surface area contributed by atoms with E-state index < -0.39 is 17.5 Å². The van der Waals surface area contributed by atoms with Crippen LogP contribution in [-0.4, -0.2) is 32.8 Å². The van der Waals surface area contributed by atoms with Gasteiger partial charge in [0.25, 0.3) is 11.6 Å². The smallest absolute Gasteiger partial charge is 0.341 e. The molecule has 0 radical (unpaired) electrons. The van der Waals surface area contributed by atoms with Crippen molar-refractivity contribution in [3.63, 3.8) is 0 Å². The summed E-state index contributed by atoms with van der Waals surface area (Å²) in [5, 5.41) is 19.9. The number of thiocarbonyl (C=S) groups is 1. The van der Waals surface area contributed by atoms with Crippen LogP contribution < -0.4 is 9.64 Å². The van der Waals surface area contributed by atoms with Crippen molar-refractivity contribution in [2.45, 2.75) is 0 Å². The molecule has 1 aliphatic rings. The first-order valence-corrected chi connectivity index (χ1v) is 9.05. The molecule has 10 heteroatoms. The topological polar surface area (TPSA) is 110 Å². The number of carboxylic acid groups (broad SMARTS) is 1. The van der Waals surface area contributed by atoms with Gasteiger partial charge in [0, 0.05) is 17.7 Å². The van der Waals surface area contributed by atoms with Gasteiger partial charge in [-0.2, -0.15) is 0 Å². The third-order valence-corrected chi connectivity index (χ3v) is 4.95. The molecule has 2 aromatic rings. The van der Waals surface area contributed by atoms with Crippen molar-refractivity contribution >= 4 is 57.6 Å². The van der Waals surface area contributed by atoms with E-state index in [9.17, 15) is 19.7 Å². The molecule has 8 nitrogen and oxygen atoms in total. The lowest BCUT2D eigenvalue weighted by atomic mass is 10.1. The number of nitro benzene ring substituents is 1. The summed E-state index contributed by atoms with van der Waals surface area (Å²) in [6.45, 7) is -0.621. The van der Waals surface area contributed by atoms with Crippen LogP contribution in [0.15, 0.2) is 53.4 Å². The van der Waals surface area contributed by atoms with Crippen molar-refractivity contribution in [3.05, 3.63) is 69.1 Å². The Hall–Kier alpha value is -3.24. The zero-order valence-electron chi connectivity index (χ0n) is 14.1. The Morgan fingerprint density at radius 2 is 2.00 bits per heavy atom. The Labute approximate surface area is 168 Å². The van der Waals surface area contributed by atoms with Crippen molar-refractivity contribution < 1.29 is 24.4 Å². The van der Waals surface area contributed by atoms with Gasteiger partial charge in [-0.05, 0) is 24.3 Å². The fourth-order valence-corrected chi connectivity index (χ4v) is 3.73. The van der Waals surface area contributed by atoms with Gasteiger partial charge in [-0.25, -0.2) is 4.79 Å². The van der Waals surface area contributed by atoms with Crippen LogP contribution in [0, 0.1) is 10.1 Å². The number of aliphatic carboxylic acids is 1. The standard InChI is InChI=1S/C18H12N2O6S2/c21-16(22)10-26-14-7-6-13(20(24)25)8-11(14)9-15-17(23)19(18(27)28-15)12-4-2-1-3-5-12/h1-9H,10H2,(H,21,22)/b15-9+. The molecule has 0 saturated carbocycles. The lowest BCUT2D eigenvalue weighted by Gasteiger charge is -2.13. The first kappa shape index (κ1) is 19.5. The van der Waals surface area contributed by atoms with Crippen molar-refractivity contribution in [3.8, 4) is 5.75 Å². The highest BCUT2D eigenvalue weighted by Gasteiger charge is 2.33. The molecule has 1 amide bonds. The van der Waals surface area contributed by atoms with E-state index >= 15 is 0 Å². The largest absolute Gasteiger partial charge is 0.481 e. The molecule has 3 rings (SSSR count). The van der Waals surface area contributed by atoms with E-state index in [1.165, 1.54) is 29.2 Å². The van der Waals surface area contributed by atoms with Gasteiger partial charge < -0.3 is 9.84 Å². The number of non-ortho nitro benzene ring substituents is 1. The van der Waals surface area contributed by atoms with Crippen LogP contribution >= 0.6 is 24.0 Å². The summed E-state index contributed by atoms with van der Waals surface area (Å²) in [6, 6.07) is 12.5. The van der Waals surface area contributed by atoms with Crippen molar-refractivity contribution in [2.75, 3.05) is 11.5 Å². The quantitative estimate of drug-likeness (QED) is 0.330. The maximum atomic E-state index is 12.8. The van der Waals surface area contributed by atoms with Gasteiger partial charge in [-0.3, -0.25) is 19.8 Å². The Kier molecular flexibility index (Phi) is 5.71. The molecular formula is C18H12N2O6S2. The predicted molar refractivity (Wildman–Crippen MR) is 108 cm³/mol. The molecule has 28 heavy (non-hydrogen) atoms.